The van der Waals surface area contributed by atoms with E-state index in [-0.39, 0.29) is 6.04 Å². The highest BCUT2D eigenvalue weighted by molar-refractivity contribution is 5.35. The Kier molecular flexibility index (Phi) is 3.70. The van der Waals surface area contributed by atoms with Gasteiger partial charge in [-0.05, 0) is 36.0 Å². The molecule has 0 amide bonds. The smallest absolute Gasteiger partial charge is 0.0268 e. The van der Waals surface area contributed by atoms with E-state index in [9.17, 15) is 0 Å². The van der Waals surface area contributed by atoms with Crippen LogP contribution in [0.2, 0.25) is 0 Å². The van der Waals surface area contributed by atoms with Crippen LogP contribution in [0.4, 0.5) is 0 Å². The number of rotatable bonds is 3. The molecule has 0 aliphatic carbocycles. The lowest BCUT2D eigenvalue weighted by Gasteiger charge is -2.15. The van der Waals surface area contributed by atoms with Crippen molar-refractivity contribution < 1.29 is 0 Å². The van der Waals surface area contributed by atoms with Gasteiger partial charge in [-0.25, -0.2) is 0 Å². The maximum atomic E-state index is 5.96. The monoisotopic (exact) mass is 191 g/mol. The summed E-state index contributed by atoms with van der Waals surface area (Å²) in [7, 11) is 0. The van der Waals surface area contributed by atoms with Crippen molar-refractivity contribution in [2.75, 3.05) is 0 Å². The molecule has 0 aliphatic rings. The first-order valence-electron chi connectivity index (χ1n) is 5.44. The minimum absolute atomic E-state index is 0.142. The van der Waals surface area contributed by atoms with Gasteiger partial charge in [-0.3, -0.25) is 0 Å². The van der Waals surface area contributed by atoms with Crippen molar-refractivity contribution in [1.82, 2.24) is 0 Å². The van der Waals surface area contributed by atoms with E-state index in [1.165, 1.54) is 16.7 Å². The lowest BCUT2D eigenvalue weighted by molar-refractivity contribution is 0.787. The quantitative estimate of drug-likeness (QED) is 0.778. The average molecular weight is 191 g/mol. The Morgan fingerprint density at radius 1 is 1.21 bits per heavy atom. The van der Waals surface area contributed by atoms with Gasteiger partial charge in [0.2, 0.25) is 0 Å². The molecule has 0 fully saturated rings. The fourth-order valence-electron chi connectivity index (χ4n) is 1.72. The van der Waals surface area contributed by atoms with Crippen molar-refractivity contribution in [2.45, 2.75) is 46.1 Å². The molecule has 0 heterocycles. The van der Waals surface area contributed by atoms with Crippen molar-refractivity contribution >= 4 is 0 Å². The first-order valence-corrected chi connectivity index (χ1v) is 5.44. The second-order valence-electron chi connectivity index (χ2n) is 4.26. The molecule has 0 bridgehead atoms. The van der Waals surface area contributed by atoms with Gasteiger partial charge in [-0.2, -0.15) is 0 Å². The molecule has 78 valence electrons. The van der Waals surface area contributed by atoms with Crippen molar-refractivity contribution in [3.05, 3.63) is 34.9 Å². The summed E-state index contributed by atoms with van der Waals surface area (Å²) in [5.74, 6) is 0.582. The molecule has 1 aromatic rings. The zero-order valence-corrected chi connectivity index (χ0v) is 9.67. The highest BCUT2D eigenvalue weighted by atomic mass is 14.6. The molecule has 1 unspecified atom stereocenters. The van der Waals surface area contributed by atoms with Gasteiger partial charge in [-0.15, -0.1) is 0 Å². The maximum absolute atomic E-state index is 5.96. The van der Waals surface area contributed by atoms with E-state index in [1.54, 1.807) is 0 Å². The van der Waals surface area contributed by atoms with E-state index in [1.807, 2.05) is 0 Å². The minimum atomic E-state index is 0.142. The summed E-state index contributed by atoms with van der Waals surface area (Å²) < 4.78 is 0. The van der Waals surface area contributed by atoms with Gasteiger partial charge in [0.05, 0.1) is 0 Å². The molecular formula is C13H21N. The molecule has 1 nitrogen and oxygen atoms in total. The van der Waals surface area contributed by atoms with E-state index in [2.05, 4.69) is 45.9 Å². The van der Waals surface area contributed by atoms with Gasteiger partial charge in [0.1, 0.15) is 0 Å². The van der Waals surface area contributed by atoms with Crippen molar-refractivity contribution in [3.63, 3.8) is 0 Å². The third-order valence-corrected chi connectivity index (χ3v) is 2.71. The molecule has 0 aliphatic heterocycles. The van der Waals surface area contributed by atoms with Crippen molar-refractivity contribution in [3.8, 4) is 0 Å². The molecule has 2 N–H and O–H groups in total. The predicted molar refractivity (Wildman–Crippen MR) is 62.5 cm³/mol. The van der Waals surface area contributed by atoms with Gasteiger partial charge in [-0.1, -0.05) is 39.0 Å². The van der Waals surface area contributed by atoms with Gasteiger partial charge >= 0.3 is 0 Å². The number of nitrogens with two attached hydrogens (primary N) is 1. The number of hydrogen-bond acceptors (Lipinski definition) is 1. The second-order valence-corrected chi connectivity index (χ2v) is 4.26. The van der Waals surface area contributed by atoms with E-state index >= 15 is 0 Å². The van der Waals surface area contributed by atoms with Crippen LogP contribution < -0.4 is 5.73 Å². The van der Waals surface area contributed by atoms with Crippen LogP contribution in [0.15, 0.2) is 18.2 Å². The standard InChI is InChI=1S/C13H21N/c1-5-11-6-7-12(9(2)3)8-13(11)10(4)14/h6-10H,5,14H2,1-4H3. The Morgan fingerprint density at radius 3 is 2.29 bits per heavy atom. The van der Waals surface area contributed by atoms with Crippen LogP contribution in [0.3, 0.4) is 0 Å². The Labute approximate surface area is 87.3 Å². The molecule has 1 aromatic carbocycles. The van der Waals surface area contributed by atoms with Crippen molar-refractivity contribution in [1.29, 1.82) is 0 Å². The van der Waals surface area contributed by atoms with Gasteiger partial charge in [0.25, 0.3) is 0 Å². The maximum Gasteiger partial charge on any atom is 0.0268 e. The van der Waals surface area contributed by atoms with E-state index < -0.39 is 0 Å². The Balaban J connectivity index is 3.14. The third kappa shape index (κ3) is 2.36. The zero-order chi connectivity index (χ0) is 10.7. The van der Waals surface area contributed by atoms with Crippen LogP contribution >= 0.6 is 0 Å². The molecule has 1 rings (SSSR count). The van der Waals surface area contributed by atoms with Crippen molar-refractivity contribution in [2.24, 2.45) is 5.73 Å². The van der Waals surface area contributed by atoms with Gasteiger partial charge in [0, 0.05) is 6.04 Å². The molecule has 14 heavy (non-hydrogen) atoms. The lowest BCUT2D eigenvalue weighted by Crippen LogP contribution is -2.09. The second kappa shape index (κ2) is 4.61. The fraction of sp³-hybridized carbons (Fsp3) is 0.538. The van der Waals surface area contributed by atoms with Crippen LogP contribution in [0, 0.1) is 0 Å². The Morgan fingerprint density at radius 2 is 1.86 bits per heavy atom. The van der Waals surface area contributed by atoms with Crippen LogP contribution in [-0.2, 0) is 6.42 Å². The number of benzene rings is 1. The van der Waals surface area contributed by atoms with Gasteiger partial charge in [0.15, 0.2) is 0 Å². The molecule has 0 aromatic heterocycles. The van der Waals surface area contributed by atoms with E-state index in [0.29, 0.717) is 5.92 Å². The van der Waals surface area contributed by atoms with Crippen LogP contribution in [0.1, 0.15) is 56.3 Å². The normalized spacial score (nSPS) is 13.3. The molecule has 1 heteroatoms. The van der Waals surface area contributed by atoms with Crippen LogP contribution in [0.25, 0.3) is 0 Å². The predicted octanol–water partition coefficient (Wildman–Crippen LogP) is 3.39. The summed E-state index contributed by atoms with van der Waals surface area (Å²) in [5.41, 5.74) is 10.0. The summed E-state index contributed by atoms with van der Waals surface area (Å²) in [4.78, 5) is 0. The Bertz CT molecular complexity index is 300. The minimum Gasteiger partial charge on any atom is -0.324 e. The van der Waals surface area contributed by atoms with Crippen LogP contribution in [-0.4, -0.2) is 0 Å². The first kappa shape index (κ1) is 11.3. The topological polar surface area (TPSA) is 26.0 Å². The lowest BCUT2D eigenvalue weighted by atomic mass is 9.93. The summed E-state index contributed by atoms with van der Waals surface area (Å²) in [5, 5.41) is 0. The molecular weight excluding hydrogens is 170 g/mol. The molecule has 1 atom stereocenters. The highest BCUT2D eigenvalue weighted by Crippen LogP contribution is 2.22. The molecule has 0 saturated heterocycles. The Hall–Kier alpha value is -0.820. The molecule has 0 radical (unpaired) electrons. The third-order valence-electron chi connectivity index (χ3n) is 2.71. The summed E-state index contributed by atoms with van der Waals surface area (Å²) in [6.45, 7) is 8.66. The SMILES string of the molecule is CCc1ccc(C(C)C)cc1C(C)N. The largest absolute Gasteiger partial charge is 0.324 e. The number of aryl methyl sites for hydroxylation is 1. The molecule has 0 spiro atoms. The average Bonchev–Trinajstić information content (AvgIpc) is 2.16. The van der Waals surface area contributed by atoms with Gasteiger partial charge < -0.3 is 5.73 Å². The zero-order valence-electron chi connectivity index (χ0n) is 9.67. The van der Waals surface area contributed by atoms with Crippen LogP contribution in [0.5, 0.6) is 0 Å². The first-order chi connectivity index (χ1) is 6.56. The van der Waals surface area contributed by atoms with E-state index in [4.69, 9.17) is 5.73 Å². The van der Waals surface area contributed by atoms with E-state index in [0.717, 1.165) is 6.42 Å². The summed E-state index contributed by atoms with van der Waals surface area (Å²) in [6, 6.07) is 6.83. The molecule has 0 saturated carbocycles. The summed E-state index contributed by atoms with van der Waals surface area (Å²) in [6.07, 6.45) is 1.06. The summed E-state index contributed by atoms with van der Waals surface area (Å²) >= 11 is 0. The number of hydrogen-bond donors (Lipinski definition) is 1. The highest BCUT2D eigenvalue weighted by Gasteiger charge is 2.08. The fourth-order valence-corrected chi connectivity index (χ4v) is 1.72.